The minimum absolute atomic E-state index is 0.471. The molecular weight excluding hydrogens is 140 g/mol. The van der Waals surface area contributed by atoms with Crippen molar-refractivity contribution in [2.45, 2.75) is 12.1 Å². The van der Waals surface area contributed by atoms with E-state index in [0.717, 1.165) is 19.7 Å². The van der Waals surface area contributed by atoms with Crippen LogP contribution in [0.2, 0.25) is 0 Å². The first-order valence-corrected chi connectivity index (χ1v) is 4.28. The lowest BCUT2D eigenvalue weighted by Crippen LogP contribution is -2.48. The molecule has 0 aromatic rings. The van der Waals surface area contributed by atoms with Crippen molar-refractivity contribution in [3.63, 3.8) is 0 Å². The van der Waals surface area contributed by atoms with Crippen molar-refractivity contribution in [1.82, 2.24) is 9.80 Å². The second kappa shape index (κ2) is 2.73. The molecule has 0 amide bonds. The molecule has 0 radical (unpaired) electrons. The molecule has 0 N–H and O–H groups in total. The van der Waals surface area contributed by atoms with Crippen molar-refractivity contribution in [2.24, 2.45) is 0 Å². The van der Waals surface area contributed by atoms with Gasteiger partial charge in [-0.25, -0.2) is 0 Å². The summed E-state index contributed by atoms with van der Waals surface area (Å²) in [5.74, 6) is 0. The lowest BCUT2D eigenvalue weighted by atomic mass is 10.1. The summed E-state index contributed by atoms with van der Waals surface area (Å²) in [4.78, 5) is 4.76. The van der Waals surface area contributed by atoms with E-state index in [9.17, 15) is 0 Å². The Morgan fingerprint density at radius 1 is 1.27 bits per heavy atom. The van der Waals surface area contributed by atoms with Crippen LogP contribution in [0.1, 0.15) is 0 Å². The Kier molecular flexibility index (Phi) is 1.87. The highest BCUT2D eigenvalue weighted by Gasteiger charge is 2.36. The van der Waals surface area contributed by atoms with Gasteiger partial charge in [-0.15, -0.1) is 0 Å². The summed E-state index contributed by atoms with van der Waals surface area (Å²) < 4.78 is 5.66. The Morgan fingerprint density at radius 2 is 2.09 bits per heavy atom. The molecule has 2 fully saturated rings. The third-order valence-electron chi connectivity index (χ3n) is 2.76. The predicted molar refractivity (Wildman–Crippen MR) is 43.7 cm³/mol. The number of ether oxygens (including phenoxy) is 1. The zero-order valence-corrected chi connectivity index (χ0v) is 7.29. The number of hydrogen-bond acceptors (Lipinski definition) is 3. The standard InChI is InChI=1S/C8H16N2O/c1-9-5-7-8(6-9)11-4-3-10(7)2/h7-8H,3-6H2,1-2H3/t7-,8-/m1/s1. The van der Waals surface area contributed by atoms with Crippen LogP contribution in [-0.4, -0.2) is 62.3 Å². The van der Waals surface area contributed by atoms with Crippen molar-refractivity contribution in [3.05, 3.63) is 0 Å². The van der Waals surface area contributed by atoms with Crippen LogP contribution < -0.4 is 0 Å². The summed E-state index contributed by atoms with van der Waals surface area (Å²) in [6, 6.07) is 0.647. The molecule has 2 atom stereocenters. The summed E-state index contributed by atoms with van der Waals surface area (Å²) in [6.45, 7) is 4.27. The Labute approximate surface area is 67.9 Å². The number of morpholine rings is 1. The van der Waals surface area contributed by atoms with E-state index < -0.39 is 0 Å². The quantitative estimate of drug-likeness (QED) is 0.476. The molecular formula is C8H16N2O. The van der Waals surface area contributed by atoms with Crippen molar-refractivity contribution in [3.8, 4) is 0 Å². The maximum atomic E-state index is 5.66. The van der Waals surface area contributed by atoms with Crippen LogP contribution in [-0.2, 0) is 4.74 Å². The van der Waals surface area contributed by atoms with E-state index in [0.29, 0.717) is 12.1 Å². The van der Waals surface area contributed by atoms with Gasteiger partial charge in [0, 0.05) is 25.7 Å². The molecule has 0 saturated carbocycles. The zero-order valence-electron chi connectivity index (χ0n) is 7.29. The number of likely N-dealkylation sites (N-methyl/N-ethyl adjacent to an activating group) is 2. The van der Waals surface area contributed by atoms with Gasteiger partial charge in [0.05, 0.1) is 12.7 Å². The molecule has 0 aliphatic carbocycles. The highest BCUT2D eigenvalue weighted by Crippen LogP contribution is 2.19. The number of fused-ring (bicyclic) bond motifs is 1. The van der Waals surface area contributed by atoms with Gasteiger partial charge >= 0.3 is 0 Å². The molecule has 64 valence electrons. The van der Waals surface area contributed by atoms with Gasteiger partial charge in [0.2, 0.25) is 0 Å². The number of likely N-dealkylation sites (tertiary alicyclic amines) is 1. The Hall–Kier alpha value is -0.120. The monoisotopic (exact) mass is 156 g/mol. The number of nitrogens with zero attached hydrogens (tertiary/aromatic N) is 2. The van der Waals surface area contributed by atoms with Gasteiger partial charge in [-0.05, 0) is 14.1 Å². The summed E-state index contributed by atoms with van der Waals surface area (Å²) in [5, 5.41) is 0. The Balaban J connectivity index is 2.03. The first-order valence-electron chi connectivity index (χ1n) is 4.28. The average molecular weight is 156 g/mol. The van der Waals surface area contributed by atoms with Gasteiger partial charge in [0.1, 0.15) is 0 Å². The molecule has 0 spiro atoms. The Morgan fingerprint density at radius 3 is 2.82 bits per heavy atom. The molecule has 2 heterocycles. The van der Waals surface area contributed by atoms with Crippen molar-refractivity contribution in [2.75, 3.05) is 40.3 Å². The van der Waals surface area contributed by atoms with E-state index in [4.69, 9.17) is 4.74 Å². The molecule has 0 aromatic carbocycles. The van der Waals surface area contributed by atoms with Crippen LogP contribution >= 0.6 is 0 Å². The maximum Gasteiger partial charge on any atom is 0.0869 e. The van der Waals surface area contributed by atoms with Crippen LogP contribution in [0.5, 0.6) is 0 Å². The molecule has 0 aromatic heterocycles. The summed E-state index contributed by atoms with van der Waals surface area (Å²) >= 11 is 0. The molecule has 2 saturated heterocycles. The van der Waals surface area contributed by atoms with E-state index in [1.54, 1.807) is 0 Å². The smallest absolute Gasteiger partial charge is 0.0869 e. The third-order valence-corrected chi connectivity index (χ3v) is 2.76. The van der Waals surface area contributed by atoms with Crippen LogP contribution in [0.3, 0.4) is 0 Å². The lowest BCUT2D eigenvalue weighted by molar-refractivity contribution is -0.0368. The summed E-state index contributed by atoms with van der Waals surface area (Å²) in [7, 11) is 4.36. The zero-order chi connectivity index (χ0) is 7.84. The largest absolute Gasteiger partial charge is 0.374 e. The van der Waals surface area contributed by atoms with E-state index in [2.05, 4.69) is 23.9 Å². The SMILES string of the molecule is CN1C[C@@H]2[C@@H](C1)OCCN2C. The summed E-state index contributed by atoms with van der Waals surface area (Å²) in [6.07, 6.45) is 0.471. The Bertz CT molecular complexity index is 151. The average Bonchev–Trinajstić information content (AvgIpc) is 2.31. The number of hydrogen-bond donors (Lipinski definition) is 0. The van der Waals surface area contributed by atoms with Crippen LogP contribution in [0, 0.1) is 0 Å². The van der Waals surface area contributed by atoms with Crippen LogP contribution in [0.15, 0.2) is 0 Å². The molecule has 2 rings (SSSR count). The molecule has 0 unspecified atom stereocenters. The van der Waals surface area contributed by atoms with Crippen molar-refractivity contribution < 1.29 is 4.74 Å². The lowest BCUT2D eigenvalue weighted by Gasteiger charge is -2.33. The third kappa shape index (κ3) is 1.28. The second-order valence-corrected chi connectivity index (χ2v) is 3.68. The second-order valence-electron chi connectivity index (χ2n) is 3.68. The molecule has 2 aliphatic heterocycles. The first-order chi connectivity index (χ1) is 5.27. The van der Waals surface area contributed by atoms with E-state index in [1.807, 2.05) is 0 Å². The predicted octanol–water partition coefficient (Wildman–Crippen LogP) is -0.369. The highest BCUT2D eigenvalue weighted by molar-refractivity contribution is 4.91. The van der Waals surface area contributed by atoms with Crippen molar-refractivity contribution in [1.29, 1.82) is 0 Å². The van der Waals surface area contributed by atoms with Crippen LogP contribution in [0.25, 0.3) is 0 Å². The van der Waals surface area contributed by atoms with Gasteiger partial charge in [-0.3, -0.25) is 4.90 Å². The normalized spacial score (nSPS) is 40.9. The molecule has 3 heteroatoms. The van der Waals surface area contributed by atoms with Crippen LogP contribution in [0.4, 0.5) is 0 Å². The highest BCUT2D eigenvalue weighted by atomic mass is 16.5. The molecule has 2 aliphatic rings. The maximum absolute atomic E-state index is 5.66. The van der Waals surface area contributed by atoms with Gasteiger partial charge in [-0.1, -0.05) is 0 Å². The fourth-order valence-electron chi connectivity index (χ4n) is 2.04. The van der Waals surface area contributed by atoms with E-state index in [1.165, 1.54) is 6.54 Å². The fraction of sp³-hybridized carbons (Fsp3) is 1.00. The fourth-order valence-corrected chi connectivity index (χ4v) is 2.04. The van der Waals surface area contributed by atoms with Gasteiger partial charge in [0.15, 0.2) is 0 Å². The topological polar surface area (TPSA) is 15.7 Å². The summed E-state index contributed by atoms with van der Waals surface area (Å²) in [5.41, 5.74) is 0. The van der Waals surface area contributed by atoms with Crippen molar-refractivity contribution >= 4 is 0 Å². The van der Waals surface area contributed by atoms with Gasteiger partial charge < -0.3 is 9.64 Å². The van der Waals surface area contributed by atoms with Gasteiger partial charge in [-0.2, -0.15) is 0 Å². The minimum atomic E-state index is 0.471. The van der Waals surface area contributed by atoms with E-state index >= 15 is 0 Å². The van der Waals surface area contributed by atoms with E-state index in [-0.39, 0.29) is 0 Å². The molecule has 3 nitrogen and oxygen atoms in total. The first kappa shape index (κ1) is 7.53. The number of rotatable bonds is 0. The van der Waals surface area contributed by atoms with Gasteiger partial charge in [0.25, 0.3) is 0 Å². The molecule has 11 heavy (non-hydrogen) atoms. The minimum Gasteiger partial charge on any atom is -0.374 e. The molecule has 0 bridgehead atoms.